The SMILES string of the molecule is CC(C(=O)C=[N+]=[N-])C1(C)SCCS1. The summed E-state index contributed by atoms with van der Waals surface area (Å²) < 4.78 is -0.0434. The van der Waals surface area contributed by atoms with Crippen molar-refractivity contribution in [1.29, 1.82) is 0 Å². The summed E-state index contributed by atoms with van der Waals surface area (Å²) in [5.41, 5.74) is 8.25. The summed E-state index contributed by atoms with van der Waals surface area (Å²) in [5, 5.41) is 0. The predicted octanol–water partition coefficient (Wildman–Crippen LogP) is 1.69. The van der Waals surface area contributed by atoms with E-state index in [9.17, 15) is 4.79 Å². The van der Waals surface area contributed by atoms with Gasteiger partial charge in [0.2, 0.25) is 5.78 Å². The van der Waals surface area contributed by atoms with Gasteiger partial charge in [0.05, 0.1) is 10.00 Å². The highest BCUT2D eigenvalue weighted by molar-refractivity contribution is 8.21. The van der Waals surface area contributed by atoms with E-state index < -0.39 is 0 Å². The van der Waals surface area contributed by atoms with Crippen LogP contribution in [-0.2, 0) is 4.79 Å². The highest BCUT2D eigenvalue weighted by Gasteiger charge is 2.40. The molecule has 0 aromatic heterocycles. The van der Waals surface area contributed by atoms with E-state index in [1.54, 1.807) is 23.5 Å². The first-order valence-electron chi connectivity index (χ1n) is 4.09. The average Bonchev–Trinajstić information content (AvgIpc) is 2.52. The van der Waals surface area contributed by atoms with Gasteiger partial charge in [-0.25, -0.2) is 0 Å². The Morgan fingerprint density at radius 1 is 1.62 bits per heavy atom. The Kier molecular flexibility index (Phi) is 3.59. The molecule has 1 aliphatic rings. The van der Waals surface area contributed by atoms with Crippen LogP contribution in [0, 0.1) is 5.92 Å². The van der Waals surface area contributed by atoms with E-state index in [1.165, 1.54) is 0 Å². The number of nitrogens with zero attached hydrogens (tertiary/aromatic N) is 2. The monoisotopic (exact) mass is 216 g/mol. The van der Waals surface area contributed by atoms with Crippen LogP contribution in [0.15, 0.2) is 0 Å². The van der Waals surface area contributed by atoms with Crippen LogP contribution in [-0.4, -0.2) is 32.4 Å². The summed E-state index contributed by atoms with van der Waals surface area (Å²) in [5.74, 6) is 1.98. The molecule has 1 fully saturated rings. The molecule has 13 heavy (non-hydrogen) atoms. The maximum atomic E-state index is 11.4. The van der Waals surface area contributed by atoms with E-state index in [2.05, 4.69) is 11.7 Å². The van der Waals surface area contributed by atoms with Crippen molar-refractivity contribution in [3.63, 3.8) is 0 Å². The van der Waals surface area contributed by atoms with Gasteiger partial charge in [-0.15, -0.1) is 23.5 Å². The fraction of sp³-hybridized carbons (Fsp3) is 0.750. The van der Waals surface area contributed by atoms with Crippen LogP contribution in [0.3, 0.4) is 0 Å². The third kappa shape index (κ3) is 2.36. The highest BCUT2D eigenvalue weighted by Crippen LogP contribution is 2.48. The van der Waals surface area contributed by atoms with Crippen LogP contribution >= 0.6 is 23.5 Å². The molecule has 5 heteroatoms. The molecule has 72 valence electrons. The number of hydrogen-bond acceptors (Lipinski definition) is 3. The molecule has 1 atom stereocenters. The van der Waals surface area contributed by atoms with E-state index in [4.69, 9.17) is 5.53 Å². The normalized spacial score (nSPS) is 22.0. The minimum absolute atomic E-state index is 0.0434. The first kappa shape index (κ1) is 10.8. The molecule has 0 aliphatic carbocycles. The van der Waals surface area contributed by atoms with Crippen LogP contribution in [0.25, 0.3) is 5.53 Å². The van der Waals surface area contributed by atoms with E-state index in [-0.39, 0.29) is 15.8 Å². The summed E-state index contributed by atoms with van der Waals surface area (Å²) in [7, 11) is 0. The lowest BCUT2D eigenvalue weighted by Crippen LogP contribution is -2.30. The molecule has 1 unspecified atom stereocenters. The van der Waals surface area contributed by atoms with Crippen molar-refractivity contribution in [3.8, 4) is 0 Å². The van der Waals surface area contributed by atoms with E-state index in [0.717, 1.165) is 17.7 Å². The Bertz CT molecular complexity index is 255. The fourth-order valence-electron chi connectivity index (χ4n) is 1.21. The molecule has 1 heterocycles. The number of Topliss-reactive ketones (excluding diaryl/α,β-unsaturated/α-hetero) is 1. The molecule has 0 N–H and O–H groups in total. The van der Waals surface area contributed by atoms with Crippen molar-refractivity contribution in [2.75, 3.05) is 11.5 Å². The number of carbonyl (C=O) groups excluding carboxylic acids is 1. The second-order valence-electron chi connectivity index (χ2n) is 3.08. The Morgan fingerprint density at radius 2 is 2.15 bits per heavy atom. The van der Waals surface area contributed by atoms with Gasteiger partial charge < -0.3 is 5.53 Å². The van der Waals surface area contributed by atoms with Crippen LogP contribution in [0.4, 0.5) is 0 Å². The van der Waals surface area contributed by atoms with Crippen molar-refractivity contribution < 1.29 is 9.58 Å². The molecule has 3 nitrogen and oxygen atoms in total. The Morgan fingerprint density at radius 3 is 2.62 bits per heavy atom. The molecule has 1 saturated heterocycles. The molecule has 0 aromatic carbocycles. The van der Waals surface area contributed by atoms with Crippen molar-refractivity contribution in [1.82, 2.24) is 0 Å². The largest absolute Gasteiger partial charge is 0.361 e. The first-order valence-corrected chi connectivity index (χ1v) is 6.06. The quantitative estimate of drug-likeness (QED) is 0.410. The Labute approximate surface area is 86.3 Å². The van der Waals surface area contributed by atoms with Crippen molar-refractivity contribution >= 4 is 35.5 Å². The van der Waals surface area contributed by atoms with E-state index in [1.807, 2.05) is 6.92 Å². The van der Waals surface area contributed by atoms with Crippen LogP contribution in [0.5, 0.6) is 0 Å². The molecular weight excluding hydrogens is 204 g/mol. The first-order chi connectivity index (χ1) is 6.10. The Balaban J connectivity index is 2.70. The van der Waals surface area contributed by atoms with E-state index in [0.29, 0.717) is 0 Å². The van der Waals surface area contributed by atoms with Crippen LogP contribution in [0.2, 0.25) is 0 Å². The van der Waals surface area contributed by atoms with Gasteiger partial charge >= 0.3 is 6.21 Å². The highest BCUT2D eigenvalue weighted by atomic mass is 32.2. The third-order valence-corrected chi connectivity index (χ3v) is 5.89. The van der Waals surface area contributed by atoms with Gasteiger partial charge in [0, 0.05) is 11.5 Å². The lowest BCUT2D eigenvalue weighted by atomic mass is 10.0. The number of hydrogen-bond donors (Lipinski definition) is 0. The van der Waals surface area contributed by atoms with Crippen molar-refractivity contribution in [3.05, 3.63) is 5.53 Å². The third-order valence-electron chi connectivity index (χ3n) is 2.26. The second-order valence-corrected chi connectivity index (χ2v) is 6.43. The average molecular weight is 216 g/mol. The second kappa shape index (κ2) is 4.31. The molecule has 1 rings (SSSR count). The molecule has 0 amide bonds. The summed E-state index contributed by atoms with van der Waals surface area (Å²) in [6.45, 7) is 3.96. The fourth-order valence-corrected chi connectivity index (χ4v) is 4.25. The molecule has 0 radical (unpaired) electrons. The van der Waals surface area contributed by atoms with Gasteiger partial charge in [0.25, 0.3) is 0 Å². The van der Waals surface area contributed by atoms with Gasteiger partial charge in [-0.3, -0.25) is 4.79 Å². The minimum Gasteiger partial charge on any atom is -0.361 e. The molecule has 0 spiro atoms. The van der Waals surface area contributed by atoms with E-state index >= 15 is 0 Å². The summed E-state index contributed by atoms with van der Waals surface area (Å²) in [4.78, 5) is 14.2. The number of ketones is 1. The topological polar surface area (TPSA) is 53.5 Å². The molecule has 0 saturated carbocycles. The summed E-state index contributed by atoms with van der Waals surface area (Å²) in [6.07, 6.45) is 0.995. The van der Waals surface area contributed by atoms with Crippen molar-refractivity contribution in [2.24, 2.45) is 5.92 Å². The smallest absolute Gasteiger partial charge is 0.323 e. The van der Waals surface area contributed by atoms with Gasteiger partial charge in [-0.05, 0) is 6.92 Å². The number of rotatable bonds is 3. The Hall–Kier alpha value is -0.250. The maximum absolute atomic E-state index is 11.4. The minimum atomic E-state index is -0.105. The number of carbonyl (C=O) groups is 1. The van der Waals surface area contributed by atoms with Crippen LogP contribution < -0.4 is 0 Å². The predicted molar refractivity (Wildman–Crippen MR) is 57.2 cm³/mol. The standard InChI is InChI=1S/C8H12N2OS2/c1-6(7(11)5-10-9)8(2)12-3-4-13-8/h5-6H,3-4H2,1-2H3. The lowest BCUT2D eigenvalue weighted by Gasteiger charge is -2.26. The summed E-state index contributed by atoms with van der Waals surface area (Å²) >= 11 is 3.61. The lowest BCUT2D eigenvalue weighted by molar-refractivity contribution is -0.119. The summed E-state index contributed by atoms with van der Waals surface area (Å²) in [6, 6.07) is 0. The number of thioether (sulfide) groups is 2. The van der Waals surface area contributed by atoms with Gasteiger partial charge in [0.15, 0.2) is 0 Å². The zero-order chi connectivity index (χ0) is 9.90. The van der Waals surface area contributed by atoms with Crippen LogP contribution in [0.1, 0.15) is 13.8 Å². The molecule has 1 aliphatic heterocycles. The van der Waals surface area contributed by atoms with Crippen molar-refractivity contribution in [2.45, 2.75) is 17.9 Å². The zero-order valence-corrected chi connectivity index (χ0v) is 9.32. The van der Waals surface area contributed by atoms with Gasteiger partial charge in [-0.2, -0.15) is 4.79 Å². The van der Waals surface area contributed by atoms with Gasteiger partial charge in [0.1, 0.15) is 0 Å². The molecule has 0 aromatic rings. The zero-order valence-electron chi connectivity index (χ0n) is 7.69. The maximum Gasteiger partial charge on any atom is 0.323 e. The molecular formula is C8H12N2OS2. The molecule has 0 bridgehead atoms. The van der Waals surface area contributed by atoms with Gasteiger partial charge in [-0.1, -0.05) is 6.92 Å².